The number of benzene rings is 2. The summed E-state index contributed by atoms with van der Waals surface area (Å²) in [7, 11) is 0. The van der Waals surface area contributed by atoms with E-state index >= 15 is 0 Å². The van der Waals surface area contributed by atoms with Crippen molar-refractivity contribution < 1.29 is 19.1 Å². The minimum absolute atomic E-state index is 0.196. The largest absolute Gasteiger partial charge is 0.378 e. The molecule has 0 unspecified atom stereocenters. The first kappa shape index (κ1) is 21.3. The third-order valence-electron chi connectivity index (χ3n) is 4.65. The zero-order chi connectivity index (χ0) is 21.3. The van der Waals surface area contributed by atoms with Gasteiger partial charge in [-0.15, -0.1) is 0 Å². The fourth-order valence-electron chi connectivity index (χ4n) is 3.17. The molecular weight excluding hydrogens is 384 g/mol. The smallest absolute Gasteiger partial charge is 0.318 e. The number of anilines is 2. The molecule has 1 fully saturated rings. The van der Waals surface area contributed by atoms with Crippen LogP contribution in [0.25, 0.3) is 0 Å². The summed E-state index contributed by atoms with van der Waals surface area (Å²) >= 11 is 0. The van der Waals surface area contributed by atoms with Gasteiger partial charge in [0.2, 0.25) is 11.8 Å². The molecule has 1 aliphatic heterocycles. The van der Waals surface area contributed by atoms with Gasteiger partial charge in [0.25, 0.3) is 0 Å². The van der Waals surface area contributed by atoms with Crippen molar-refractivity contribution in [2.24, 2.45) is 0 Å². The maximum Gasteiger partial charge on any atom is 0.318 e. The lowest BCUT2D eigenvalue weighted by Gasteiger charge is -2.29. The van der Waals surface area contributed by atoms with Crippen LogP contribution in [0.3, 0.4) is 0 Å². The van der Waals surface area contributed by atoms with Crippen molar-refractivity contribution in [3.05, 3.63) is 60.2 Å². The Balaban J connectivity index is 1.72. The van der Waals surface area contributed by atoms with E-state index in [0.717, 1.165) is 5.56 Å². The molecule has 1 heterocycles. The summed E-state index contributed by atoms with van der Waals surface area (Å²) in [5.41, 5.74) is 2.05. The molecule has 1 atom stereocenters. The zero-order valence-electron chi connectivity index (χ0n) is 16.9. The SMILES string of the molecule is CC(=O)Nc1cccc(NC(=O)[C@H](Cc2ccccc2)NC(=O)N2CCOCC2)c1. The van der Waals surface area contributed by atoms with Crippen molar-refractivity contribution in [2.45, 2.75) is 19.4 Å². The second kappa shape index (κ2) is 10.4. The number of amides is 4. The molecule has 2 aromatic rings. The van der Waals surface area contributed by atoms with Gasteiger partial charge in [0.05, 0.1) is 13.2 Å². The van der Waals surface area contributed by atoms with E-state index in [2.05, 4.69) is 16.0 Å². The predicted molar refractivity (Wildman–Crippen MR) is 114 cm³/mol. The van der Waals surface area contributed by atoms with E-state index in [1.54, 1.807) is 29.2 Å². The molecule has 1 saturated heterocycles. The molecule has 0 radical (unpaired) electrons. The minimum atomic E-state index is -0.757. The summed E-state index contributed by atoms with van der Waals surface area (Å²) in [6, 6.07) is 15.3. The van der Waals surface area contributed by atoms with Crippen molar-refractivity contribution in [2.75, 3.05) is 36.9 Å². The van der Waals surface area contributed by atoms with Crippen LogP contribution in [0.2, 0.25) is 0 Å². The Bertz CT molecular complexity index is 882. The molecule has 0 spiro atoms. The van der Waals surface area contributed by atoms with Gasteiger partial charge in [-0.25, -0.2) is 4.79 Å². The zero-order valence-corrected chi connectivity index (χ0v) is 16.9. The van der Waals surface area contributed by atoms with E-state index in [-0.39, 0.29) is 17.8 Å². The van der Waals surface area contributed by atoms with Gasteiger partial charge in [0.1, 0.15) is 6.04 Å². The van der Waals surface area contributed by atoms with Crippen LogP contribution >= 0.6 is 0 Å². The van der Waals surface area contributed by atoms with Crippen molar-refractivity contribution >= 4 is 29.2 Å². The van der Waals surface area contributed by atoms with Crippen LogP contribution in [0.15, 0.2) is 54.6 Å². The average Bonchev–Trinajstić information content (AvgIpc) is 2.74. The number of morpholine rings is 1. The molecule has 0 saturated carbocycles. The highest BCUT2D eigenvalue weighted by molar-refractivity contribution is 5.98. The number of rotatable bonds is 6. The number of carbonyl (C=O) groups excluding carboxylic acids is 3. The Morgan fingerprint density at radius 3 is 2.30 bits per heavy atom. The van der Waals surface area contributed by atoms with Crippen molar-refractivity contribution in [1.29, 1.82) is 0 Å². The average molecular weight is 410 g/mol. The van der Waals surface area contributed by atoms with Crippen molar-refractivity contribution in [3.63, 3.8) is 0 Å². The molecule has 30 heavy (non-hydrogen) atoms. The molecule has 8 heteroatoms. The summed E-state index contributed by atoms with van der Waals surface area (Å²) in [6.45, 7) is 3.37. The Morgan fingerprint density at radius 2 is 1.63 bits per heavy atom. The lowest BCUT2D eigenvalue weighted by molar-refractivity contribution is -0.118. The molecule has 1 aliphatic rings. The normalized spacial score (nSPS) is 14.5. The summed E-state index contributed by atoms with van der Waals surface area (Å²) in [4.78, 5) is 38.6. The molecule has 3 rings (SSSR count). The predicted octanol–water partition coefficient (Wildman–Crippen LogP) is 2.24. The highest BCUT2D eigenvalue weighted by Crippen LogP contribution is 2.16. The molecule has 3 N–H and O–H groups in total. The van der Waals surface area contributed by atoms with Crippen LogP contribution in [0.5, 0.6) is 0 Å². The van der Waals surface area contributed by atoms with Crippen LogP contribution in [0.4, 0.5) is 16.2 Å². The molecule has 2 aromatic carbocycles. The van der Waals surface area contributed by atoms with E-state index in [0.29, 0.717) is 44.1 Å². The monoisotopic (exact) mass is 410 g/mol. The first-order valence-electron chi connectivity index (χ1n) is 9.87. The first-order chi connectivity index (χ1) is 14.5. The second-order valence-corrected chi connectivity index (χ2v) is 7.04. The van der Waals surface area contributed by atoms with E-state index in [1.807, 2.05) is 30.3 Å². The number of nitrogens with one attached hydrogen (secondary N) is 3. The minimum Gasteiger partial charge on any atom is -0.378 e. The molecule has 0 aliphatic carbocycles. The molecule has 158 valence electrons. The van der Waals surface area contributed by atoms with Gasteiger partial charge in [-0.2, -0.15) is 0 Å². The number of carbonyl (C=O) groups is 3. The first-order valence-corrected chi connectivity index (χ1v) is 9.87. The van der Waals surface area contributed by atoms with Gasteiger partial charge in [0.15, 0.2) is 0 Å². The number of ether oxygens (including phenoxy) is 1. The van der Waals surface area contributed by atoms with E-state index < -0.39 is 6.04 Å². The standard InChI is InChI=1S/C22H26N4O4/c1-16(27)23-18-8-5-9-19(15-18)24-21(28)20(14-17-6-3-2-4-7-17)25-22(29)26-10-12-30-13-11-26/h2-9,15,20H,10-14H2,1H3,(H,23,27)(H,24,28)(H,25,29)/t20-/m0/s1. The quantitative estimate of drug-likeness (QED) is 0.680. The highest BCUT2D eigenvalue weighted by atomic mass is 16.5. The lowest BCUT2D eigenvalue weighted by atomic mass is 10.1. The summed E-state index contributed by atoms with van der Waals surface area (Å²) in [6.07, 6.45) is 0.355. The molecule has 0 aromatic heterocycles. The maximum absolute atomic E-state index is 13.0. The molecule has 4 amide bonds. The van der Waals surface area contributed by atoms with E-state index in [4.69, 9.17) is 4.74 Å². The van der Waals surface area contributed by atoms with Crippen LogP contribution in [-0.2, 0) is 20.7 Å². The molecular formula is C22H26N4O4. The van der Waals surface area contributed by atoms with Crippen LogP contribution < -0.4 is 16.0 Å². The number of urea groups is 1. The van der Waals surface area contributed by atoms with E-state index in [9.17, 15) is 14.4 Å². The van der Waals surface area contributed by atoms with Gasteiger partial charge in [0, 0.05) is 37.8 Å². The number of hydrogen-bond acceptors (Lipinski definition) is 4. The van der Waals surface area contributed by atoms with E-state index in [1.165, 1.54) is 6.92 Å². The molecule has 8 nitrogen and oxygen atoms in total. The summed E-state index contributed by atoms with van der Waals surface area (Å²) in [5.74, 6) is -0.529. The Labute approximate surface area is 175 Å². The lowest BCUT2D eigenvalue weighted by Crippen LogP contribution is -2.53. The maximum atomic E-state index is 13.0. The Hall–Kier alpha value is -3.39. The third kappa shape index (κ3) is 6.31. The number of nitrogens with zero attached hydrogens (tertiary/aromatic N) is 1. The van der Waals surface area contributed by atoms with Crippen LogP contribution in [0, 0.1) is 0 Å². The van der Waals surface area contributed by atoms with Gasteiger partial charge >= 0.3 is 6.03 Å². The highest BCUT2D eigenvalue weighted by Gasteiger charge is 2.25. The fraction of sp³-hybridized carbons (Fsp3) is 0.318. The summed E-state index contributed by atoms with van der Waals surface area (Å²) < 4.78 is 5.28. The third-order valence-corrected chi connectivity index (χ3v) is 4.65. The second-order valence-electron chi connectivity index (χ2n) is 7.04. The Morgan fingerprint density at radius 1 is 0.967 bits per heavy atom. The number of hydrogen-bond donors (Lipinski definition) is 3. The van der Waals surface area contributed by atoms with Crippen molar-refractivity contribution in [1.82, 2.24) is 10.2 Å². The fourth-order valence-corrected chi connectivity index (χ4v) is 3.17. The van der Waals surface area contributed by atoms with Gasteiger partial charge in [-0.05, 0) is 23.8 Å². The van der Waals surface area contributed by atoms with Gasteiger partial charge in [-0.3, -0.25) is 9.59 Å². The van der Waals surface area contributed by atoms with Gasteiger partial charge in [-0.1, -0.05) is 36.4 Å². The van der Waals surface area contributed by atoms with Crippen molar-refractivity contribution in [3.8, 4) is 0 Å². The van der Waals surface area contributed by atoms with Gasteiger partial charge < -0.3 is 25.6 Å². The molecule has 0 bridgehead atoms. The summed E-state index contributed by atoms with van der Waals surface area (Å²) in [5, 5.41) is 8.37. The van der Waals surface area contributed by atoms with Crippen LogP contribution in [-0.4, -0.2) is 55.1 Å². The van der Waals surface area contributed by atoms with Crippen LogP contribution in [0.1, 0.15) is 12.5 Å². The topological polar surface area (TPSA) is 99.8 Å². The Kier molecular flexibility index (Phi) is 7.40.